The Morgan fingerprint density at radius 2 is 0.848 bits per heavy atom. The highest BCUT2D eigenvalue weighted by molar-refractivity contribution is 7.01. The van der Waals surface area contributed by atoms with E-state index in [4.69, 9.17) is 23.8 Å². The van der Waals surface area contributed by atoms with Gasteiger partial charge in [-0.2, -0.15) is 0 Å². The van der Waals surface area contributed by atoms with Gasteiger partial charge in [-0.05, 0) is 62.0 Å². The maximum Gasteiger partial charge on any atom is 0.164 e. The highest BCUT2D eigenvalue weighted by Gasteiger charge is 2.55. The molecule has 0 atom stereocenters. The predicted octanol–water partition coefficient (Wildman–Crippen LogP) is 13.8. The zero-order valence-corrected chi connectivity index (χ0v) is 37.2. The fourth-order valence-electron chi connectivity index (χ4n) is 11.5. The number of hydrogen-bond donors (Lipinski definition) is 0. The smallest absolute Gasteiger partial charge is 0.164 e. The van der Waals surface area contributed by atoms with Crippen molar-refractivity contribution in [3.8, 4) is 56.4 Å². The molecule has 12 aromatic rings. The van der Waals surface area contributed by atoms with E-state index >= 15 is 0 Å². The molecule has 66 heavy (non-hydrogen) atoms. The van der Waals surface area contributed by atoms with Gasteiger partial charge in [0.05, 0.1) is 5.41 Å². The molecular formula is C60H39N3O2Si. The van der Waals surface area contributed by atoms with Crippen LogP contribution in [0.1, 0.15) is 22.3 Å². The van der Waals surface area contributed by atoms with Crippen LogP contribution in [0.4, 0.5) is 0 Å². The molecule has 0 fully saturated rings. The van der Waals surface area contributed by atoms with Gasteiger partial charge in [-0.15, -0.1) is 0 Å². The topological polar surface area (TPSA) is 65.0 Å². The molecule has 5 nitrogen and oxygen atoms in total. The van der Waals surface area contributed by atoms with Crippen LogP contribution >= 0.6 is 0 Å². The number of fused-ring (bicyclic) bond motifs is 17. The third kappa shape index (κ3) is 5.02. The molecule has 0 unspecified atom stereocenters. The van der Waals surface area contributed by atoms with Crippen molar-refractivity contribution in [1.29, 1.82) is 0 Å². The Bertz CT molecular complexity index is 3860. The van der Waals surface area contributed by atoms with Gasteiger partial charge in [0.2, 0.25) is 0 Å². The molecule has 14 rings (SSSR count). The van der Waals surface area contributed by atoms with E-state index in [0.29, 0.717) is 17.5 Å². The van der Waals surface area contributed by atoms with Crippen molar-refractivity contribution in [2.45, 2.75) is 18.5 Å². The molecule has 6 heteroatoms. The van der Waals surface area contributed by atoms with Crippen molar-refractivity contribution in [2.75, 3.05) is 0 Å². The number of aromatic nitrogens is 3. The van der Waals surface area contributed by atoms with Gasteiger partial charge in [-0.25, -0.2) is 15.0 Å². The third-order valence-electron chi connectivity index (χ3n) is 14.4. The van der Waals surface area contributed by atoms with Crippen LogP contribution in [0.2, 0.25) is 13.1 Å². The monoisotopic (exact) mass is 861 g/mol. The van der Waals surface area contributed by atoms with Crippen molar-refractivity contribution in [3.05, 3.63) is 222 Å². The lowest BCUT2D eigenvalue weighted by molar-refractivity contribution is 0.665. The van der Waals surface area contributed by atoms with E-state index < -0.39 is 13.5 Å². The lowest BCUT2D eigenvalue weighted by Gasteiger charge is -2.46. The van der Waals surface area contributed by atoms with Crippen LogP contribution in [0.15, 0.2) is 209 Å². The van der Waals surface area contributed by atoms with E-state index in [1.54, 1.807) is 0 Å². The maximum atomic E-state index is 7.23. The zero-order chi connectivity index (χ0) is 43.7. The minimum absolute atomic E-state index is 0.619. The number of rotatable bonds is 4. The summed E-state index contributed by atoms with van der Waals surface area (Å²) in [5.41, 5.74) is 15.1. The summed E-state index contributed by atoms with van der Waals surface area (Å²) < 4.78 is 14.3. The van der Waals surface area contributed by atoms with Crippen LogP contribution in [-0.4, -0.2) is 23.0 Å². The molecular weight excluding hydrogens is 823 g/mol. The number of benzene rings is 9. The molecule has 4 heterocycles. The fourth-order valence-corrected chi connectivity index (χ4v) is 14.7. The first kappa shape index (κ1) is 37.2. The van der Waals surface area contributed by atoms with Gasteiger partial charge >= 0.3 is 0 Å². The highest BCUT2D eigenvalue weighted by atomic mass is 28.3. The van der Waals surface area contributed by atoms with E-state index in [0.717, 1.165) is 82.8 Å². The molecule has 0 N–H and O–H groups in total. The van der Waals surface area contributed by atoms with Gasteiger partial charge < -0.3 is 8.83 Å². The van der Waals surface area contributed by atoms with Crippen molar-refractivity contribution < 1.29 is 8.83 Å². The highest BCUT2D eigenvalue weighted by Crippen LogP contribution is 2.62. The lowest BCUT2D eigenvalue weighted by atomic mass is 9.66. The standard InChI is InChI=1S/C60H39N3O2Si/c1-66(2)50-27-15-11-23-44(50)60(45-24-12-16-28-51(45)66)46-34-33-41-40-21-9-13-25-48(40)64-55(41)53(46)54-47(60)35-43(52-42-22-10-14-26-49(42)65-56(52)54)36-29-31-39(32-30-36)59-62-57(37-17-5-3-6-18-37)61-58(63-59)38-19-7-4-8-20-38/h3-35H,1-2H3. The average Bonchev–Trinajstić information content (AvgIpc) is 4.05. The minimum Gasteiger partial charge on any atom is -0.455 e. The van der Waals surface area contributed by atoms with E-state index in [9.17, 15) is 0 Å². The second-order valence-corrected chi connectivity index (χ2v) is 22.5. The Balaban J connectivity index is 1.07. The molecule has 0 bridgehead atoms. The summed E-state index contributed by atoms with van der Waals surface area (Å²) in [6.07, 6.45) is 0. The molecule has 0 saturated heterocycles. The molecule has 0 radical (unpaired) electrons. The molecule has 1 aliphatic heterocycles. The van der Waals surface area contributed by atoms with Gasteiger partial charge in [-0.1, -0.05) is 195 Å². The summed E-state index contributed by atoms with van der Waals surface area (Å²) in [4.78, 5) is 15.1. The van der Waals surface area contributed by atoms with E-state index in [1.807, 2.05) is 60.7 Å². The molecule has 0 saturated carbocycles. The van der Waals surface area contributed by atoms with Gasteiger partial charge in [0.25, 0.3) is 0 Å². The second kappa shape index (κ2) is 13.7. The largest absolute Gasteiger partial charge is 0.455 e. The Labute approximate surface area is 381 Å². The lowest BCUT2D eigenvalue weighted by Crippen LogP contribution is -2.63. The Hall–Kier alpha value is -8.19. The Morgan fingerprint density at radius 3 is 1.47 bits per heavy atom. The minimum atomic E-state index is -2.16. The molecule has 1 spiro atoms. The molecule has 2 aliphatic rings. The molecule has 1 aliphatic carbocycles. The van der Waals surface area contributed by atoms with Crippen molar-refractivity contribution in [3.63, 3.8) is 0 Å². The third-order valence-corrected chi connectivity index (χ3v) is 18.0. The fraction of sp³-hybridized carbons (Fsp3) is 0.0500. The summed E-state index contributed by atoms with van der Waals surface area (Å²) in [7, 11) is -2.16. The number of para-hydroxylation sites is 2. The van der Waals surface area contributed by atoms with Crippen LogP contribution in [0.5, 0.6) is 0 Å². The van der Waals surface area contributed by atoms with E-state index in [-0.39, 0.29) is 0 Å². The summed E-state index contributed by atoms with van der Waals surface area (Å²) in [6.45, 7) is 5.01. The molecule has 9 aromatic carbocycles. The van der Waals surface area contributed by atoms with E-state index in [1.165, 1.54) is 32.6 Å². The summed E-state index contributed by atoms with van der Waals surface area (Å²) in [6, 6.07) is 71.5. The zero-order valence-electron chi connectivity index (χ0n) is 36.2. The first-order valence-electron chi connectivity index (χ1n) is 22.6. The summed E-state index contributed by atoms with van der Waals surface area (Å²) >= 11 is 0. The molecule has 310 valence electrons. The first-order valence-corrected chi connectivity index (χ1v) is 25.6. The first-order chi connectivity index (χ1) is 32.5. The summed E-state index contributed by atoms with van der Waals surface area (Å²) in [5, 5.41) is 7.27. The molecule has 0 amide bonds. The van der Waals surface area contributed by atoms with Crippen LogP contribution in [-0.2, 0) is 5.41 Å². The summed E-state index contributed by atoms with van der Waals surface area (Å²) in [5.74, 6) is 1.89. The van der Waals surface area contributed by atoms with Gasteiger partial charge in [0, 0.05) is 49.4 Å². The maximum absolute atomic E-state index is 7.23. The van der Waals surface area contributed by atoms with E-state index in [2.05, 4.69) is 153 Å². The second-order valence-electron chi connectivity index (χ2n) is 18.2. The quantitative estimate of drug-likeness (QED) is 0.165. The normalized spacial score (nSPS) is 14.2. The number of furan rings is 2. The number of nitrogens with zero attached hydrogens (tertiary/aromatic N) is 3. The van der Waals surface area contributed by atoms with Crippen molar-refractivity contribution >= 4 is 62.3 Å². The SMILES string of the molecule is C[Si]1(C)c2ccccc2C2(c3ccccc31)c1ccc3c(oc4ccccc43)c1-c1c2cc(-c2ccc(-c3nc(-c4ccccc4)nc(-c4ccccc4)n3)cc2)c2c1oc1ccccc12. The number of hydrogen-bond acceptors (Lipinski definition) is 5. The van der Waals surface area contributed by atoms with Crippen molar-refractivity contribution in [2.24, 2.45) is 0 Å². The average molecular weight is 862 g/mol. The van der Waals surface area contributed by atoms with Gasteiger partial charge in [0.1, 0.15) is 30.4 Å². The van der Waals surface area contributed by atoms with Crippen LogP contribution in [0.25, 0.3) is 100 Å². The van der Waals surface area contributed by atoms with Crippen LogP contribution in [0, 0.1) is 0 Å². The predicted molar refractivity (Wildman–Crippen MR) is 270 cm³/mol. The van der Waals surface area contributed by atoms with Gasteiger partial charge in [0.15, 0.2) is 17.5 Å². The Morgan fingerprint density at radius 1 is 0.379 bits per heavy atom. The van der Waals surface area contributed by atoms with Crippen LogP contribution < -0.4 is 10.4 Å². The molecule has 3 aromatic heterocycles. The van der Waals surface area contributed by atoms with Gasteiger partial charge in [-0.3, -0.25) is 0 Å². The van der Waals surface area contributed by atoms with Crippen LogP contribution in [0.3, 0.4) is 0 Å². The Kier molecular flexibility index (Phi) is 7.70. The van der Waals surface area contributed by atoms with Crippen molar-refractivity contribution in [1.82, 2.24) is 15.0 Å².